The van der Waals surface area contributed by atoms with Crippen LogP contribution in [-0.2, 0) is 4.74 Å². The monoisotopic (exact) mass is 340 g/mol. The van der Waals surface area contributed by atoms with Gasteiger partial charge in [-0.1, -0.05) is 26.2 Å². The molecule has 2 rings (SSSR count). The molecule has 3 heteroatoms. The standard InChI is InChI=1S/C11H22O.C8H16O2.C2H2/c1-3-10-5-7-11(8-6-10)9-12-4-2;9-5-7-1-2-8(6-10)4-3-7;1-2/h10-11H,3-9H2,1-2H3;7-10H,1-6H2;1-2H. The van der Waals surface area contributed by atoms with Crippen LogP contribution in [0.25, 0.3) is 0 Å². The molecule has 0 atom stereocenters. The minimum atomic E-state index is 0.331. The van der Waals surface area contributed by atoms with Crippen molar-refractivity contribution < 1.29 is 14.9 Å². The Bertz CT molecular complexity index is 262. The number of rotatable bonds is 6. The van der Waals surface area contributed by atoms with Crippen molar-refractivity contribution in [1.29, 1.82) is 0 Å². The molecule has 0 aliphatic heterocycles. The van der Waals surface area contributed by atoms with Gasteiger partial charge in [-0.25, -0.2) is 0 Å². The van der Waals surface area contributed by atoms with Crippen LogP contribution in [0.4, 0.5) is 0 Å². The topological polar surface area (TPSA) is 49.7 Å². The molecule has 0 aromatic rings. The molecular weight excluding hydrogens is 300 g/mol. The summed E-state index contributed by atoms with van der Waals surface area (Å²) in [6, 6.07) is 0. The van der Waals surface area contributed by atoms with Crippen molar-refractivity contribution in [1.82, 2.24) is 0 Å². The van der Waals surface area contributed by atoms with E-state index in [-0.39, 0.29) is 0 Å². The van der Waals surface area contributed by atoms with E-state index in [1.165, 1.54) is 32.1 Å². The lowest BCUT2D eigenvalue weighted by Crippen LogP contribution is -2.19. The third-order valence-electron chi connectivity index (χ3n) is 5.58. The SMILES string of the molecule is C#C.CCOCC1CCC(CC)CC1.OCC1CCC(CO)CC1. The number of terminal acetylenes is 1. The molecule has 0 aromatic carbocycles. The lowest BCUT2D eigenvalue weighted by atomic mass is 9.81. The second-order valence-electron chi connectivity index (χ2n) is 7.21. The second kappa shape index (κ2) is 15.9. The molecule has 0 bridgehead atoms. The molecule has 2 saturated carbocycles. The zero-order chi connectivity index (χ0) is 18.2. The summed E-state index contributed by atoms with van der Waals surface area (Å²) in [6.45, 7) is 6.95. The van der Waals surface area contributed by atoms with Gasteiger partial charge in [0, 0.05) is 26.4 Å². The van der Waals surface area contributed by atoms with Gasteiger partial charge < -0.3 is 14.9 Å². The quantitative estimate of drug-likeness (QED) is 0.710. The highest BCUT2D eigenvalue weighted by Gasteiger charge is 2.20. The molecule has 24 heavy (non-hydrogen) atoms. The summed E-state index contributed by atoms with van der Waals surface area (Å²) in [4.78, 5) is 0. The Labute approximate surface area is 150 Å². The largest absolute Gasteiger partial charge is 0.396 e. The predicted molar refractivity (Wildman–Crippen MR) is 102 cm³/mol. The molecule has 0 spiro atoms. The second-order valence-corrected chi connectivity index (χ2v) is 7.21. The first-order valence-electron chi connectivity index (χ1n) is 9.86. The summed E-state index contributed by atoms with van der Waals surface area (Å²) in [5.74, 6) is 2.92. The molecule has 0 amide bonds. The van der Waals surface area contributed by atoms with Crippen LogP contribution in [0, 0.1) is 36.5 Å². The van der Waals surface area contributed by atoms with Gasteiger partial charge in [-0.05, 0) is 69.1 Å². The van der Waals surface area contributed by atoms with E-state index in [1.54, 1.807) is 0 Å². The Hall–Kier alpha value is -0.560. The van der Waals surface area contributed by atoms with Gasteiger partial charge in [0.15, 0.2) is 0 Å². The molecule has 2 aliphatic carbocycles. The lowest BCUT2D eigenvalue weighted by molar-refractivity contribution is 0.0861. The average Bonchev–Trinajstić information content (AvgIpc) is 2.69. The van der Waals surface area contributed by atoms with Crippen molar-refractivity contribution in [3.8, 4) is 12.8 Å². The summed E-state index contributed by atoms with van der Waals surface area (Å²) in [5, 5.41) is 17.6. The van der Waals surface area contributed by atoms with E-state index in [0.29, 0.717) is 25.0 Å². The number of hydrogen-bond acceptors (Lipinski definition) is 3. The van der Waals surface area contributed by atoms with Crippen LogP contribution in [-0.4, -0.2) is 36.6 Å². The maximum atomic E-state index is 8.79. The van der Waals surface area contributed by atoms with Crippen LogP contribution in [0.2, 0.25) is 0 Å². The van der Waals surface area contributed by atoms with Gasteiger partial charge in [0.25, 0.3) is 0 Å². The molecule has 2 aliphatic rings. The van der Waals surface area contributed by atoms with E-state index in [1.807, 2.05) is 0 Å². The van der Waals surface area contributed by atoms with Crippen molar-refractivity contribution in [3.63, 3.8) is 0 Å². The maximum absolute atomic E-state index is 8.79. The van der Waals surface area contributed by atoms with Crippen molar-refractivity contribution in [2.75, 3.05) is 26.4 Å². The first-order valence-corrected chi connectivity index (χ1v) is 9.86. The van der Waals surface area contributed by atoms with Crippen LogP contribution < -0.4 is 0 Å². The summed E-state index contributed by atoms with van der Waals surface area (Å²) in [5.41, 5.74) is 0. The summed E-state index contributed by atoms with van der Waals surface area (Å²) >= 11 is 0. The van der Waals surface area contributed by atoms with Gasteiger partial charge in [0.1, 0.15) is 0 Å². The van der Waals surface area contributed by atoms with Gasteiger partial charge in [-0.3, -0.25) is 0 Å². The highest BCUT2D eigenvalue weighted by molar-refractivity contribution is 4.71. The fraction of sp³-hybridized carbons (Fsp3) is 0.905. The molecular formula is C21H40O3. The molecule has 3 nitrogen and oxygen atoms in total. The zero-order valence-corrected chi connectivity index (χ0v) is 16.0. The molecule has 0 heterocycles. The normalized spacial score (nSPS) is 29.6. The highest BCUT2D eigenvalue weighted by atomic mass is 16.5. The van der Waals surface area contributed by atoms with E-state index in [2.05, 4.69) is 26.7 Å². The predicted octanol–water partition coefficient (Wildman–Crippen LogP) is 4.27. The highest BCUT2D eigenvalue weighted by Crippen LogP contribution is 2.30. The Morgan fingerprint density at radius 2 is 1.08 bits per heavy atom. The number of hydrogen-bond donors (Lipinski definition) is 2. The molecule has 2 fully saturated rings. The van der Waals surface area contributed by atoms with Gasteiger partial charge in [0.05, 0.1) is 0 Å². The number of aliphatic hydroxyl groups excluding tert-OH is 2. The van der Waals surface area contributed by atoms with Crippen molar-refractivity contribution in [2.45, 2.75) is 71.6 Å². The average molecular weight is 341 g/mol. The molecule has 0 aromatic heterocycles. The van der Waals surface area contributed by atoms with E-state index in [9.17, 15) is 0 Å². The van der Waals surface area contributed by atoms with Gasteiger partial charge in [-0.15, -0.1) is 12.8 Å². The number of aliphatic hydroxyl groups is 2. The van der Waals surface area contributed by atoms with Crippen LogP contribution in [0.15, 0.2) is 0 Å². The van der Waals surface area contributed by atoms with Crippen molar-refractivity contribution >= 4 is 0 Å². The Morgan fingerprint density at radius 1 is 0.708 bits per heavy atom. The van der Waals surface area contributed by atoms with Gasteiger partial charge in [-0.2, -0.15) is 0 Å². The van der Waals surface area contributed by atoms with E-state index < -0.39 is 0 Å². The van der Waals surface area contributed by atoms with Crippen LogP contribution in [0.3, 0.4) is 0 Å². The zero-order valence-electron chi connectivity index (χ0n) is 16.0. The van der Waals surface area contributed by atoms with Crippen LogP contribution in [0.1, 0.15) is 71.6 Å². The van der Waals surface area contributed by atoms with Crippen molar-refractivity contribution in [2.24, 2.45) is 23.7 Å². The number of ether oxygens (including phenoxy) is 1. The minimum Gasteiger partial charge on any atom is -0.396 e. The minimum absolute atomic E-state index is 0.331. The third kappa shape index (κ3) is 10.3. The first-order chi connectivity index (χ1) is 11.7. The maximum Gasteiger partial charge on any atom is 0.0494 e. The molecule has 0 unspecified atom stereocenters. The molecule has 142 valence electrons. The van der Waals surface area contributed by atoms with Crippen LogP contribution in [0.5, 0.6) is 0 Å². The fourth-order valence-electron chi connectivity index (χ4n) is 3.69. The molecule has 0 radical (unpaired) electrons. The Morgan fingerprint density at radius 3 is 1.42 bits per heavy atom. The summed E-state index contributed by atoms with van der Waals surface area (Å²) in [6.07, 6.45) is 19.5. The van der Waals surface area contributed by atoms with Gasteiger partial charge >= 0.3 is 0 Å². The van der Waals surface area contributed by atoms with E-state index in [0.717, 1.165) is 50.7 Å². The van der Waals surface area contributed by atoms with Crippen molar-refractivity contribution in [3.05, 3.63) is 0 Å². The van der Waals surface area contributed by atoms with Crippen LogP contribution >= 0.6 is 0 Å². The summed E-state index contributed by atoms with van der Waals surface area (Å²) in [7, 11) is 0. The summed E-state index contributed by atoms with van der Waals surface area (Å²) < 4.78 is 5.44. The van der Waals surface area contributed by atoms with E-state index >= 15 is 0 Å². The van der Waals surface area contributed by atoms with Gasteiger partial charge in [0.2, 0.25) is 0 Å². The molecule has 2 N–H and O–H groups in total. The lowest BCUT2D eigenvalue weighted by Gasteiger charge is -2.27. The fourth-order valence-corrected chi connectivity index (χ4v) is 3.69. The smallest absolute Gasteiger partial charge is 0.0494 e. The Kier molecular flexibility index (Phi) is 15.6. The van der Waals surface area contributed by atoms with E-state index in [4.69, 9.17) is 14.9 Å². The Balaban J connectivity index is 0.000000405. The molecule has 0 saturated heterocycles. The first kappa shape index (κ1) is 23.4. The third-order valence-corrected chi connectivity index (χ3v) is 5.58.